The summed E-state index contributed by atoms with van der Waals surface area (Å²) in [4.78, 5) is 25.0. The van der Waals surface area contributed by atoms with E-state index in [4.69, 9.17) is 4.84 Å². The summed E-state index contributed by atoms with van der Waals surface area (Å²) >= 11 is 0. The lowest BCUT2D eigenvalue weighted by Crippen LogP contribution is -2.99. The van der Waals surface area contributed by atoms with Crippen molar-refractivity contribution < 1.29 is 25.2 Å². The Morgan fingerprint density at radius 2 is 1.73 bits per heavy atom. The SMILES string of the molecule is C[C@H](O)[C@@H]1[C@H](CO)ON(Cc2cccc(CN(CCN(C)C)Cc3ccccc3)c2)[C@@H]1C(=O)[NH2+]C1C[C@H]2C[C@@H]([C@@H]1C)C2(C)C. The Morgan fingerprint density at radius 1 is 1.05 bits per heavy atom. The average Bonchev–Trinajstić information content (AvgIpc) is 3.36. The largest absolute Gasteiger partial charge is 0.394 e. The number of carbonyl (C=O) groups excluding carboxylic acids is 1. The van der Waals surface area contributed by atoms with E-state index in [-0.39, 0.29) is 18.6 Å². The van der Waals surface area contributed by atoms with Crippen LogP contribution in [0.1, 0.15) is 57.2 Å². The minimum absolute atomic E-state index is 0.0108. The lowest BCUT2D eigenvalue weighted by Gasteiger charge is -2.60. The van der Waals surface area contributed by atoms with Crippen LogP contribution >= 0.6 is 0 Å². The summed E-state index contributed by atoms with van der Waals surface area (Å²) in [6.07, 6.45) is 0.902. The van der Waals surface area contributed by atoms with E-state index in [9.17, 15) is 15.0 Å². The number of benzene rings is 2. The molecule has 1 unspecified atom stereocenters. The number of amides is 1. The van der Waals surface area contributed by atoms with Gasteiger partial charge in [0.2, 0.25) is 0 Å². The maximum absolute atomic E-state index is 14.1. The lowest BCUT2D eigenvalue weighted by atomic mass is 9.45. The highest BCUT2D eigenvalue weighted by molar-refractivity contribution is 5.73. The Balaban J connectivity index is 1.30. The van der Waals surface area contributed by atoms with Gasteiger partial charge in [-0.3, -0.25) is 15.1 Å². The number of primary amides is 1. The molecule has 4 N–H and O–H groups in total. The van der Waals surface area contributed by atoms with Crippen LogP contribution in [0.4, 0.5) is 0 Å². The van der Waals surface area contributed by atoms with Crippen molar-refractivity contribution in [3.8, 4) is 0 Å². The molecule has 0 radical (unpaired) electrons. The smallest absolute Gasteiger partial charge is 0.330 e. The highest BCUT2D eigenvalue weighted by Crippen LogP contribution is 2.60. The molecule has 1 saturated heterocycles. The molecule has 44 heavy (non-hydrogen) atoms. The molecule has 8 heteroatoms. The van der Waals surface area contributed by atoms with Crippen LogP contribution in [-0.4, -0.2) is 89.1 Å². The number of hydrogen-bond donors (Lipinski definition) is 3. The van der Waals surface area contributed by atoms with Crippen LogP contribution < -0.4 is 5.32 Å². The molecule has 1 heterocycles. The molecule has 2 aromatic carbocycles. The highest BCUT2D eigenvalue weighted by atomic mass is 16.7. The van der Waals surface area contributed by atoms with E-state index >= 15 is 0 Å². The molecule has 8 atom stereocenters. The number of aliphatic hydroxyl groups excluding tert-OH is 2. The first-order valence-corrected chi connectivity index (χ1v) is 16.6. The minimum Gasteiger partial charge on any atom is -0.394 e. The second-order valence-corrected chi connectivity index (χ2v) is 14.7. The summed E-state index contributed by atoms with van der Waals surface area (Å²) in [5.41, 5.74) is 3.89. The lowest BCUT2D eigenvalue weighted by molar-refractivity contribution is -0.628. The van der Waals surface area contributed by atoms with Gasteiger partial charge in [-0.25, -0.2) is 4.79 Å². The van der Waals surface area contributed by atoms with E-state index in [1.54, 1.807) is 12.0 Å². The number of aliphatic hydroxyl groups is 2. The van der Waals surface area contributed by atoms with Crippen LogP contribution in [0.25, 0.3) is 0 Å². The van der Waals surface area contributed by atoms with Crippen molar-refractivity contribution >= 4 is 5.91 Å². The zero-order valence-electron chi connectivity index (χ0n) is 27.6. The fourth-order valence-electron chi connectivity index (χ4n) is 8.28. The van der Waals surface area contributed by atoms with Gasteiger partial charge in [-0.1, -0.05) is 75.4 Å². The van der Waals surface area contributed by atoms with Crippen molar-refractivity contribution in [2.75, 3.05) is 33.8 Å². The van der Waals surface area contributed by atoms with Gasteiger partial charge in [0.15, 0.2) is 6.04 Å². The van der Waals surface area contributed by atoms with Crippen LogP contribution in [0.2, 0.25) is 0 Å². The molecule has 8 nitrogen and oxygen atoms in total. The van der Waals surface area contributed by atoms with Gasteiger partial charge in [0.25, 0.3) is 0 Å². The van der Waals surface area contributed by atoms with E-state index in [0.717, 1.165) is 38.2 Å². The standard InChI is InChI=1S/C36H54N4O4/c1-24-30-18-29(36(30,3)4)19-31(24)37-35(43)34-33(25(2)42)32(23-41)44-40(34)22-28-14-10-13-27(17-28)21-39(16-15-38(5)6)20-26-11-8-7-9-12-26/h7-14,17,24-25,29-34,41-42H,15-16,18-23H2,1-6H3,(H,37,43)/p+1/t24-,25-,29+,30-,31?,32-,33+,34-/m0/s1. The zero-order chi connectivity index (χ0) is 31.6. The van der Waals surface area contributed by atoms with Crippen LogP contribution in [0, 0.1) is 29.1 Å². The molecule has 3 aliphatic carbocycles. The fourth-order valence-corrected chi connectivity index (χ4v) is 8.28. The van der Waals surface area contributed by atoms with Crippen LogP contribution in [0.5, 0.6) is 0 Å². The average molecular weight is 608 g/mol. The normalized spacial score (nSPS) is 30.5. The summed E-state index contributed by atoms with van der Waals surface area (Å²) in [5.74, 6) is 1.27. The number of quaternary nitrogens is 1. The Hall–Kier alpha value is -2.17. The van der Waals surface area contributed by atoms with Gasteiger partial charge in [-0.2, -0.15) is 5.06 Å². The van der Waals surface area contributed by atoms with Crippen molar-refractivity contribution in [1.82, 2.24) is 14.9 Å². The molecule has 0 aromatic heterocycles. The number of likely N-dealkylation sites (N-methyl/N-ethyl adjacent to an activating group) is 1. The molecule has 1 amide bonds. The molecule has 4 aliphatic rings. The quantitative estimate of drug-likeness (QED) is 0.323. The third-order valence-corrected chi connectivity index (χ3v) is 11.0. The van der Waals surface area contributed by atoms with Gasteiger partial charge in [0.05, 0.1) is 25.3 Å². The fraction of sp³-hybridized carbons (Fsp3) is 0.639. The molecule has 4 fully saturated rings. The number of rotatable bonds is 13. The number of hydroxylamine groups is 2. The van der Waals surface area contributed by atoms with Gasteiger partial charge >= 0.3 is 5.91 Å². The first-order chi connectivity index (χ1) is 21.0. The number of nitrogens with two attached hydrogens (primary N) is 1. The highest BCUT2D eigenvalue weighted by Gasteiger charge is 2.59. The Labute approximate surface area is 264 Å². The predicted molar refractivity (Wildman–Crippen MR) is 172 cm³/mol. The Morgan fingerprint density at radius 3 is 2.36 bits per heavy atom. The Kier molecular flexibility index (Phi) is 10.6. The number of nitrogens with zero attached hydrogens (tertiary/aromatic N) is 3. The van der Waals surface area contributed by atoms with Crippen LogP contribution in [0.15, 0.2) is 54.6 Å². The van der Waals surface area contributed by atoms with E-state index in [0.29, 0.717) is 29.7 Å². The second kappa shape index (κ2) is 14.1. The molecular formula is C36H55N4O4+. The molecular weight excluding hydrogens is 552 g/mol. The third kappa shape index (κ3) is 7.28. The molecule has 0 spiro atoms. The molecule has 242 valence electrons. The van der Waals surface area contributed by atoms with Crippen LogP contribution in [0.3, 0.4) is 0 Å². The first-order valence-electron chi connectivity index (χ1n) is 16.6. The molecule has 2 bridgehead atoms. The van der Waals surface area contributed by atoms with Gasteiger partial charge in [0, 0.05) is 44.4 Å². The maximum atomic E-state index is 14.1. The molecule has 2 aromatic rings. The summed E-state index contributed by atoms with van der Waals surface area (Å²) in [7, 11) is 4.20. The summed E-state index contributed by atoms with van der Waals surface area (Å²) in [6, 6.07) is 18.7. The summed E-state index contributed by atoms with van der Waals surface area (Å²) < 4.78 is 0. The number of carbonyl (C=O) groups is 1. The minimum atomic E-state index is -0.787. The van der Waals surface area contributed by atoms with Crippen molar-refractivity contribution in [2.45, 2.75) is 84.5 Å². The summed E-state index contributed by atoms with van der Waals surface area (Å²) in [6.45, 7) is 12.5. The van der Waals surface area contributed by atoms with Gasteiger partial charge < -0.3 is 15.1 Å². The predicted octanol–water partition coefficient (Wildman–Crippen LogP) is 2.88. The van der Waals surface area contributed by atoms with Crippen molar-refractivity contribution in [1.29, 1.82) is 0 Å². The number of fused-ring (bicyclic) bond motifs is 2. The second-order valence-electron chi connectivity index (χ2n) is 14.7. The monoisotopic (exact) mass is 607 g/mol. The third-order valence-electron chi connectivity index (χ3n) is 11.0. The molecule has 1 aliphatic heterocycles. The van der Waals surface area contributed by atoms with Gasteiger partial charge in [0.1, 0.15) is 6.10 Å². The van der Waals surface area contributed by atoms with Gasteiger partial charge in [-0.15, -0.1) is 0 Å². The summed E-state index contributed by atoms with van der Waals surface area (Å²) in [5, 5.41) is 24.7. The maximum Gasteiger partial charge on any atom is 0.330 e. The van der Waals surface area contributed by atoms with Crippen LogP contribution in [-0.2, 0) is 29.3 Å². The van der Waals surface area contributed by atoms with Crippen molar-refractivity contribution in [3.05, 3.63) is 71.3 Å². The number of hydrogen-bond acceptors (Lipinski definition) is 7. The topological polar surface area (TPSA) is 93.1 Å². The van der Waals surface area contributed by atoms with Gasteiger partial charge in [-0.05, 0) is 61.4 Å². The van der Waals surface area contributed by atoms with Crippen molar-refractivity contribution in [2.24, 2.45) is 29.1 Å². The van der Waals surface area contributed by atoms with E-state index in [1.165, 1.54) is 17.5 Å². The molecule has 6 rings (SSSR count). The molecule has 3 saturated carbocycles. The first kappa shape index (κ1) is 33.2. The van der Waals surface area contributed by atoms with E-state index in [1.807, 2.05) is 5.32 Å². The zero-order valence-corrected chi connectivity index (χ0v) is 27.6. The van der Waals surface area contributed by atoms with E-state index < -0.39 is 24.2 Å². The van der Waals surface area contributed by atoms with E-state index in [2.05, 4.69) is 99.3 Å². The Bertz CT molecular complexity index is 1240. The van der Waals surface area contributed by atoms with Crippen molar-refractivity contribution in [3.63, 3.8) is 0 Å².